The van der Waals surface area contributed by atoms with E-state index in [1.54, 1.807) is 0 Å². The maximum atomic E-state index is 5.90. The summed E-state index contributed by atoms with van der Waals surface area (Å²) < 4.78 is 1.84. The number of nitrogens with zero attached hydrogens (tertiary/aromatic N) is 2. The van der Waals surface area contributed by atoms with Crippen molar-refractivity contribution in [3.8, 4) is 0 Å². The van der Waals surface area contributed by atoms with Gasteiger partial charge in [0.1, 0.15) is 0 Å². The molecule has 0 fully saturated rings. The van der Waals surface area contributed by atoms with Crippen molar-refractivity contribution in [1.29, 1.82) is 0 Å². The number of nitrogens with two attached hydrogens (primary N) is 1. The SMILES string of the molecule is Cc1ccccc1CC(CN)Cc1cnn(C)c1. The Morgan fingerprint density at radius 3 is 2.67 bits per heavy atom. The summed E-state index contributed by atoms with van der Waals surface area (Å²) in [5.41, 5.74) is 9.91. The van der Waals surface area contributed by atoms with Gasteiger partial charge in [-0.1, -0.05) is 24.3 Å². The van der Waals surface area contributed by atoms with Gasteiger partial charge < -0.3 is 5.73 Å². The van der Waals surface area contributed by atoms with Gasteiger partial charge in [0.15, 0.2) is 0 Å². The fraction of sp³-hybridized carbons (Fsp3) is 0.400. The lowest BCUT2D eigenvalue weighted by Gasteiger charge is -2.15. The van der Waals surface area contributed by atoms with Crippen LogP contribution in [0.2, 0.25) is 0 Å². The van der Waals surface area contributed by atoms with Crippen molar-refractivity contribution in [3.05, 3.63) is 53.3 Å². The Morgan fingerprint density at radius 2 is 2.06 bits per heavy atom. The van der Waals surface area contributed by atoms with Crippen molar-refractivity contribution in [1.82, 2.24) is 9.78 Å². The van der Waals surface area contributed by atoms with E-state index in [9.17, 15) is 0 Å². The van der Waals surface area contributed by atoms with Crippen LogP contribution in [0.3, 0.4) is 0 Å². The molecule has 0 aliphatic carbocycles. The summed E-state index contributed by atoms with van der Waals surface area (Å²) in [7, 11) is 1.95. The summed E-state index contributed by atoms with van der Waals surface area (Å²) in [5.74, 6) is 0.482. The Bertz CT molecular complexity index is 502. The van der Waals surface area contributed by atoms with Gasteiger partial charge in [-0.15, -0.1) is 0 Å². The van der Waals surface area contributed by atoms with Crippen molar-refractivity contribution in [2.75, 3.05) is 6.54 Å². The molecule has 96 valence electrons. The average Bonchev–Trinajstić information content (AvgIpc) is 2.76. The first-order valence-corrected chi connectivity index (χ1v) is 6.41. The minimum atomic E-state index is 0.482. The van der Waals surface area contributed by atoms with E-state index in [1.807, 2.05) is 17.9 Å². The molecule has 0 radical (unpaired) electrons. The number of hydrogen-bond donors (Lipinski definition) is 1. The standard InChI is InChI=1S/C15H21N3/c1-12-5-3-4-6-15(12)8-13(9-16)7-14-10-17-18(2)11-14/h3-6,10-11,13H,7-9,16H2,1-2H3. The largest absolute Gasteiger partial charge is 0.330 e. The van der Waals surface area contributed by atoms with Crippen LogP contribution in [-0.2, 0) is 19.9 Å². The summed E-state index contributed by atoms with van der Waals surface area (Å²) in [5, 5.41) is 4.20. The molecule has 2 aromatic rings. The third-order valence-electron chi connectivity index (χ3n) is 3.39. The third-order valence-corrected chi connectivity index (χ3v) is 3.39. The van der Waals surface area contributed by atoms with E-state index in [2.05, 4.69) is 42.5 Å². The van der Waals surface area contributed by atoms with E-state index in [-0.39, 0.29) is 0 Å². The second-order valence-electron chi connectivity index (χ2n) is 4.96. The van der Waals surface area contributed by atoms with Gasteiger partial charge in [0.2, 0.25) is 0 Å². The van der Waals surface area contributed by atoms with E-state index in [1.165, 1.54) is 16.7 Å². The third kappa shape index (κ3) is 3.20. The topological polar surface area (TPSA) is 43.8 Å². The first-order valence-electron chi connectivity index (χ1n) is 6.41. The number of rotatable bonds is 5. The Hall–Kier alpha value is -1.61. The number of benzene rings is 1. The minimum absolute atomic E-state index is 0.482. The number of hydrogen-bond acceptors (Lipinski definition) is 2. The van der Waals surface area contributed by atoms with Crippen molar-refractivity contribution in [2.24, 2.45) is 18.7 Å². The van der Waals surface area contributed by atoms with E-state index in [0.717, 1.165) is 12.8 Å². The molecule has 0 spiro atoms. The average molecular weight is 243 g/mol. The van der Waals surface area contributed by atoms with Crippen LogP contribution < -0.4 is 5.73 Å². The predicted molar refractivity (Wildman–Crippen MR) is 74.3 cm³/mol. The molecule has 0 saturated heterocycles. The highest BCUT2D eigenvalue weighted by Gasteiger charge is 2.11. The first kappa shape index (κ1) is 12.8. The van der Waals surface area contributed by atoms with Gasteiger partial charge in [0, 0.05) is 13.2 Å². The van der Waals surface area contributed by atoms with Crippen molar-refractivity contribution in [3.63, 3.8) is 0 Å². The van der Waals surface area contributed by atoms with E-state index in [4.69, 9.17) is 5.73 Å². The molecule has 2 rings (SSSR count). The summed E-state index contributed by atoms with van der Waals surface area (Å²) >= 11 is 0. The summed E-state index contributed by atoms with van der Waals surface area (Å²) in [6.45, 7) is 2.87. The molecule has 18 heavy (non-hydrogen) atoms. The lowest BCUT2D eigenvalue weighted by atomic mass is 9.92. The maximum Gasteiger partial charge on any atom is 0.0521 e. The molecule has 0 bridgehead atoms. The van der Waals surface area contributed by atoms with Crippen LogP contribution in [-0.4, -0.2) is 16.3 Å². The molecule has 1 atom stereocenters. The molecule has 0 aliphatic rings. The second kappa shape index (κ2) is 5.83. The monoisotopic (exact) mass is 243 g/mol. The molecule has 1 heterocycles. The molecule has 3 nitrogen and oxygen atoms in total. The molecule has 3 heteroatoms. The molecule has 0 aliphatic heterocycles. The zero-order valence-electron chi connectivity index (χ0n) is 11.1. The van der Waals surface area contributed by atoms with E-state index < -0.39 is 0 Å². The fourth-order valence-corrected chi connectivity index (χ4v) is 2.30. The summed E-state index contributed by atoms with van der Waals surface area (Å²) in [6.07, 6.45) is 6.04. The fourth-order valence-electron chi connectivity index (χ4n) is 2.30. The smallest absolute Gasteiger partial charge is 0.0521 e. The number of aryl methyl sites for hydroxylation is 2. The molecular formula is C15H21N3. The Balaban J connectivity index is 2.04. The van der Waals surface area contributed by atoms with Crippen molar-refractivity contribution < 1.29 is 0 Å². The van der Waals surface area contributed by atoms with Crippen LogP contribution in [0.4, 0.5) is 0 Å². The Kier molecular flexibility index (Phi) is 4.15. The first-order chi connectivity index (χ1) is 8.69. The minimum Gasteiger partial charge on any atom is -0.330 e. The lowest BCUT2D eigenvalue weighted by molar-refractivity contribution is 0.532. The zero-order chi connectivity index (χ0) is 13.0. The second-order valence-corrected chi connectivity index (χ2v) is 4.96. The highest BCUT2D eigenvalue weighted by atomic mass is 15.2. The summed E-state index contributed by atoms with van der Waals surface area (Å²) in [6, 6.07) is 8.53. The van der Waals surface area contributed by atoms with E-state index in [0.29, 0.717) is 12.5 Å². The normalized spacial score (nSPS) is 12.6. The van der Waals surface area contributed by atoms with Crippen LogP contribution in [0, 0.1) is 12.8 Å². The maximum absolute atomic E-state index is 5.90. The molecule has 0 saturated carbocycles. The molecule has 1 aromatic carbocycles. The van der Waals surface area contributed by atoms with E-state index >= 15 is 0 Å². The molecule has 1 aromatic heterocycles. The van der Waals surface area contributed by atoms with Crippen molar-refractivity contribution in [2.45, 2.75) is 19.8 Å². The quantitative estimate of drug-likeness (QED) is 0.874. The van der Waals surface area contributed by atoms with Gasteiger partial charge in [0.05, 0.1) is 6.20 Å². The van der Waals surface area contributed by atoms with Gasteiger partial charge >= 0.3 is 0 Å². The van der Waals surface area contributed by atoms with Crippen LogP contribution in [0.25, 0.3) is 0 Å². The van der Waals surface area contributed by atoms with Gasteiger partial charge in [-0.25, -0.2) is 0 Å². The Morgan fingerprint density at radius 1 is 1.28 bits per heavy atom. The predicted octanol–water partition coefficient (Wildman–Crippen LogP) is 2.09. The molecule has 0 amide bonds. The molecular weight excluding hydrogens is 222 g/mol. The highest BCUT2D eigenvalue weighted by Crippen LogP contribution is 2.16. The Labute approximate surface area is 109 Å². The highest BCUT2D eigenvalue weighted by molar-refractivity contribution is 5.26. The zero-order valence-corrected chi connectivity index (χ0v) is 11.1. The van der Waals surface area contributed by atoms with Crippen LogP contribution in [0.1, 0.15) is 16.7 Å². The summed E-state index contributed by atoms with van der Waals surface area (Å²) in [4.78, 5) is 0. The molecule has 1 unspecified atom stereocenters. The van der Waals surface area contributed by atoms with Crippen molar-refractivity contribution >= 4 is 0 Å². The van der Waals surface area contributed by atoms with Gasteiger partial charge in [-0.05, 0) is 48.9 Å². The number of aromatic nitrogens is 2. The van der Waals surface area contributed by atoms with Crippen LogP contribution in [0.5, 0.6) is 0 Å². The van der Waals surface area contributed by atoms with Gasteiger partial charge in [-0.3, -0.25) is 4.68 Å². The lowest BCUT2D eigenvalue weighted by Crippen LogP contribution is -2.19. The van der Waals surface area contributed by atoms with Gasteiger partial charge in [0.25, 0.3) is 0 Å². The van der Waals surface area contributed by atoms with Crippen LogP contribution in [0.15, 0.2) is 36.7 Å². The van der Waals surface area contributed by atoms with Gasteiger partial charge in [-0.2, -0.15) is 5.10 Å². The van der Waals surface area contributed by atoms with Crippen LogP contribution >= 0.6 is 0 Å². The molecule has 2 N–H and O–H groups in total.